The van der Waals surface area contributed by atoms with Crippen molar-refractivity contribution in [3.8, 4) is 0 Å². The van der Waals surface area contributed by atoms with Gasteiger partial charge in [0.1, 0.15) is 5.01 Å². The van der Waals surface area contributed by atoms with E-state index in [0.717, 1.165) is 15.2 Å². The second-order valence-electron chi connectivity index (χ2n) is 4.42. The topological polar surface area (TPSA) is 24.9 Å². The van der Waals surface area contributed by atoms with Crippen LogP contribution in [0.5, 0.6) is 0 Å². The third kappa shape index (κ3) is 2.66. The van der Waals surface area contributed by atoms with E-state index < -0.39 is 0 Å². The third-order valence-corrected chi connectivity index (χ3v) is 5.10. The Bertz CT molecular complexity index is 543. The summed E-state index contributed by atoms with van der Waals surface area (Å²) < 4.78 is 1.14. The molecule has 1 aromatic carbocycles. The minimum Gasteiger partial charge on any atom is -0.307 e. The van der Waals surface area contributed by atoms with Crippen molar-refractivity contribution in [2.75, 3.05) is 7.05 Å². The lowest BCUT2D eigenvalue weighted by atomic mass is 10.1. The minimum absolute atomic E-state index is 0.166. The molecule has 0 aliphatic rings. The van der Waals surface area contributed by atoms with Gasteiger partial charge in [-0.2, -0.15) is 0 Å². The third-order valence-electron chi connectivity index (χ3n) is 3.11. The average Bonchev–Trinajstić information content (AvgIpc) is 2.65. The zero-order valence-electron chi connectivity index (χ0n) is 11.0. The first-order chi connectivity index (χ1) is 8.52. The molecule has 1 N–H and O–H groups in total. The molecule has 1 heterocycles. The van der Waals surface area contributed by atoms with Gasteiger partial charge in [0.2, 0.25) is 0 Å². The molecule has 1 atom stereocenters. The molecule has 0 bridgehead atoms. The minimum atomic E-state index is 0.166. The van der Waals surface area contributed by atoms with E-state index in [1.807, 2.05) is 7.05 Å². The molecule has 4 heteroatoms. The lowest BCUT2D eigenvalue weighted by Gasteiger charge is -2.15. The monoisotopic (exact) mass is 324 g/mol. The van der Waals surface area contributed by atoms with Crippen LogP contribution < -0.4 is 5.32 Å². The molecule has 0 aliphatic heterocycles. The summed E-state index contributed by atoms with van der Waals surface area (Å²) in [5, 5.41) is 4.48. The first-order valence-corrected chi connectivity index (χ1v) is 7.51. The number of hydrogen-bond acceptors (Lipinski definition) is 3. The Labute approximate surface area is 121 Å². The number of thiazole rings is 1. The van der Waals surface area contributed by atoms with Gasteiger partial charge < -0.3 is 5.32 Å². The first kappa shape index (κ1) is 13.7. The number of rotatable bonds is 3. The van der Waals surface area contributed by atoms with Crippen molar-refractivity contribution in [2.45, 2.75) is 26.8 Å². The van der Waals surface area contributed by atoms with Gasteiger partial charge in [-0.3, -0.25) is 0 Å². The van der Waals surface area contributed by atoms with Crippen molar-refractivity contribution in [2.24, 2.45) is 0 Å². The van der Waals surface area contributed by atoms with Crippen LogP contribution in [-0.2, 0) is 0 Å². The van der Waals surface area contributed by atoms with E-state index >= 15 is 0 Å². The molecule has 1 aromatic heterocycles. The quantitative estimate of drug-likeness (QED) is 0.917. The van der Waals surface area contributed by atoms with Crippen LogP contribution in [0.2, 0.25) is 0 Å². The molecule has 0 aliphatic carbocycles. The van der Waals surface area contributed by atoms with Gasteiger partial charge in [-0.25, -0.2) is 4.98 Å². The van der Waals surface area contributed by atoms with Crippen molar-refractivity contribution in [1.82, 2.24) is 10.3 Å². The van der Waals surface area contributed by atoms with E-state index in [1.165, 1.54) is 16.0 Å². The summed E-state index contributed by atoms with van der Waals surface area (Å²) in [7, 11) is 1.98. The fourth-order valence-electron chi connectivity index (χ4n) is 1.84. The number of benzene rings is 1. The Morgan fingerprint density at radius 2 is 2.00 bits per heavy atom. The van der Waals surface area contributed by atoms with Crippen molar-refractivity contribution in [1.29, 1.82) is 0 Å². The van der Waals surface area contributed by atoms with Gasteiger partial charge in [0, 0.05) is 9.35 Å². The number of aromatic nitrogens is 1. The molecule has 1 unspecified atom stereocenters. The summed E-state index contributed by atoms with van der Waals surface area (Å²) in [5.74, 6) is 0. The summed E-state index contributed by atoms with van der Waals surface area (Å²) in [6, 6.07) is 6.63. The molecule has 96 valence electrons. The number of nitrogens with one attached hydrogen (secondary N) is 1. The molecule has 2 aromatic rings. The molecule has 0 amide bonds. The summed E-state index contributed by atoms with van der Waals surface area (Å²) in [6.45, 7) is 6.28. The molecule has 0 spiro atoms. The largest absolute Gasteiger partial charge is 0.307 e. The summed E-state index contributed by atoms with van der Waals surface area (Å²) in [6.07, 6.45) is 0. The van der Waals surface area contributed by atoms with E-state index in [0.29, 0.717) is 0 Å². The maximum Gasteiger partial charge on any atom is 0.115 e. The number of aryl methyl sites for hydroxylation is 3. The van der Waals surface area contributed by atoms with Crippen LogP contribution >= 0.6 is 27.3 Å². The van der Waals surface area contributed by atoms with Crippen molar-refractivity contribution >= 4 is 27.3 Å². The van der Waals surface area contributed by atoms with Crippen molar-refractivity contribution in [3.05, 3.63) is 49.4 Å². The van der Waals surface area contributed by atoms with Crippen LogP contribution in [0.3, 0.4) is 0 Å². The van der Waals surface area contributed by atoms with Crippen molar-refractivity contribution < 1.29 is 0 Å². The Kier molecular flexibility index (Phi) is 4.20. The summed E-state index contributed by atoms with van der Waals surface area (Å²) in [4.78, 5) is 5.94. The summed E-state index contributed by atoms with van der Waals surface area (Å²) >= 11 is 5.35. The predicted octanol–water partition coefficient (Wildman–Crippen LogP) is 4.14. The standard InChI is InChI=1S/C14H17BrN2S/c1-8-5-6-11(7-12(8)15)13(16-4)14-17-9(2)10(3)18-14/h5-7,13,16H,1-4H3. The van der Waals surface area contributed by atoms with E-state index in [4.69, 9.17) is 0 Å². The molecular formula is C14H17BrN2S. The Morgan fingerprint density at radius 3 is 2.50 bits per heavy atom. The van der Waals surface area contributed by atoms with Crippen molar-refractivity contribution in [3.63, 3.8) is 0 Å². The van der Waals surface area contributed by atoms with Crippen LogP contribution in [0.4, 0.5) is 0 Å². The SMILES string of the molecule is CNC(c1ccc(C)c(Br)c1)c1nc(C)c(C)s1. The van der Waals surface area contributed by atoms with Crippen LogP contribution in [0.25, 0.3) is 0 Å². The second kappa shape index (κ2) is 5.51. The molecule has 2 nitrogen and oxygen atoms in total. The molecule has 2 rings (SSSR count). The lowest BCUT2D eigenvalue weighted by molar-refractivity contribution is 0.684. The zero-order valence-corrected chi connectivity index (χ0v) is 13.4. The van der Waals surface area contributed by atoms with E-state index in [2.05, 4.69) is 65.2 Å². The van der Waals surface area contributed by atoms with Gasteiger partial charge in [0.25, 0.3) is 0 Å². The Hall–Kier alpha value is -0.710. The highest BCUT2D eigenvalue weighted by molar-refractivity contribution is 9.10. The van der Waals surface area contributed by atoms with Gasteiger partial charge in [0.05, 0.1) is 11.7 Å². The van der Waals surface area contributed by atoms with Crippen LogP contribution in [0.15, 0.2) is 22.7 Å². The molecule has 0 radical (unpaired) electrons. The van der Waals surface area contributed by atoms with Gasteiger partial charge in [-0.1, -0.05) is 28.1 Å². The maximum absolute atomic E-state index is 4.65. The van der Waals surface area contributed by atoms with E-state index in [-0.39, 0.29) is 6.04 Å². The maximum atomic E-state index is 4.65. The number of halogens is 1. The van der Waals surface area contributed by atoms with Gasteiger partial charge >= 0.3 is 0 Å². The van der Waals surface area contributed by atoms with E-state index in [9.17, 15) is 0 Å². The molecule has 0 saturated heterocycles. The summed E-state index contributed by atoms with van der Waals surface area (Å²) in [5.41, 5.74) is 3.62. The fraction of sp³-hybridized carbons (Fsp3) is 0.357. The number of nitrogens with zero attached hydrogens (tertiary/aromatic N) is 1. The predicted molar refractivity (Wildman–Crippen MR) is 81.4 cm³/mol. The average molecular weight is 325 g/mol. The van der Waals surface area contributed by atoms with Crippen LogP contribution in [0.1, 0.15) is 32.7 Å². The molecular weight excluding hydrogens is 308 g/mol. The van der Waals surface area contributed by atoms with Crippen LogP contribution in [0, 0.1) is 20.8 Å². The second-order valence-corrected chi connectivity index (χ2v) is 6.51. The van der Waals surface area contributed by atoms with Crippen LogP contribution in [-0.4, -0.2) is 12.0 Å². The van der Waals surface area contributed by atoms with Gasteiger partial charge in [-0.05, 0) is 45.0 Å². The highest BCUT2D eigenvalue weighted by atomic mass is 79.9. The molecule has 0 saturated carbocycles. The normalized spacial score (nSPS) is 12.7. The van der Waals surface area contributed by atoms with E-state index in [1.54, 1.807) is 11.3 Å². The molecule has 0 fully saturated rings. The number of hydrogen-bond donors (Lipinski definition) is 1. The van der Waals surface area contributed by atoms with Gasteiger partial charge in [-0.15, -0.1) is 11.3 Å². The highest BCUT2D eigenvalue weighted by Gasteiger charge is 2.17. The molecule has 18 heavy (non-hydrogen) atoms. The first-order valence-electron chi connectivity index (χ1n) is 5.90. The Balaban J connectivity index is 2.41. The highest BCUT2D eigenvalue weighted by Crippen LogP contribution is 2.29. The lowest BCUT2D eigenvalue weighted by Crippen LogP contribution is -2.17. The smallest absolute Gasteiger partial charge is 0.115 e. The fourth-order valence-corrected chi connectivity index (χ4v) is 3.30. The Morgan fingerprint density at radius 1 is 1.28 bits per heavy atom. The zero-order chi connectivity index (χ0) is 13.3. The van der Waals surface area contributed by atoms with Gasteiger partial charge in [0.15, 0.2) is 0 Å².